The molecule has 0 atom stereocenters. The molecule has 2 rings (SSSR count). The molecule has 1 N–H and O–H groups in total. The fraction of sp³-hybridized carbons (Fsp3) is 0.312. The summed E-state index contributed by atoms with van der Waals surface area (Å²) in [6.07, 6.45) is 1.77. The van der Waals surface area contributed by atoms with Gasteiger partial charge in [-0.3, -0.25) is 4.98 Å². The van der Waals surface area contributed by atoms with Gasteiger partial charge in [-0.05, 0) is 29.8 Å². The van der Waals surface area contributed by atoms with Crippen molar-refractivity contribution in [3.05, 3.63) is 58.3 Å². The maximum atomic E-state index is 5.71. The van der Waals surface area contributed by atoms with E-state index in [1.54, 1.807) is 6.20 Å². The number of ether oxygens (including phenoxy) is 1. The van der Waals surface area contributed by atoms with Gasteiger partial charge >= 0.3 is 0 Å². The number of hydrogen-bond donors (Lipinski definition) is 1. The van der Waals surface area contributed by atoms with Crippen LogP contribution in [0.4, 0.5) is 0 Å². The molecule has 1 heterocycles. The van der Waals surface area contributed by atoms with E-state index in [0.29, 0.717) is 12.6 Å². The van der Waals surface area contributed by atoms with Crippen LogP contribution in [-0.2, 0) is 13.2 Å². The van der Waals surface area contributed by atoms with Crippen LogP contribution in [0.2, 0.25) is 0 Å². The second-order valence-electron chi connectivity index (χ2n) is 4.94. The molecule has 0 unspecified atom stereocenters. The van der Waals surface area contributed by atoms with E-state index in [2.05, 4.69) is 40.1 Å². The minimum atomic E-state index is 0.463. The van der Waals surface area contributed by atoms with Crippen molar-refractivity contribution in [1.82, 2.24) is 10.3 Å². The van der Waals surface area contributed by atoms with E-state index >= 15 is 0 Å². The SMILES string of the molecule is CC(C)NCc1ccc(OCc2ccc(Br)cc2)cn1. The smallest absolute Gasteiger partial charge is 0.138 e. The molecular weight excluding hydrogens is 316 g/mol. The highest BCUT2D eigenvalue weighted by Gasteiger charge is 1.99. The number of benzene rings is 1. The zero-order valence-corrected chi connectivity index (χ0v) is 13.4. The van der Waals surface area contributed by atoms with Crippen molar-refractivity contribution in [3.8, 4) is 5.75 Å². The molecule has 0 spiro atoms. The average Bonchev–Trinajstić information content (AvgIpc) is 2.45. The Kier molecular flexibility index (Phi) is 5.56. The molecule has 106 valence electrons. The molecule has 20 heavy (non-hydrogen) atoms. The lowest BCUT2D eigenvalue weighted by Crippen LogP contribution is -2.22. The molecule has 3 nitrogen and oxygen atoms in total. The minimum absolute atomic E-state index is 0.463. The summed E-state index contributed by atoms with van der Waals surface area (Å²) in [6, 6.07) is 12.5. The van der Waals surface area contributed by atoms with Crippen LogP contribution in [0.15, 0.2) is 47.1 Å². The minimum Gasteiger partial charge on any atom is -0.487 e. The third-order valence-corrected chi connectivity index (χ3v) is 3.34. The zero-order valence-electron chi connectivity index (χ0n) is 11.8. The van der Waals surface area contributed by atoms with Gasteiger partial charge in [-0.25, -0.2) is 0 Å². The summed E-state index contributed by atoms with van der Waals surface area (Å²) in [5.74, 6) is 0.793. The first kappa shape index (κ1) is 15.0. The van der Waals surface area contributed by atoms with E-state index in [1.165, 1.54) is 0 Å². The average molecular weight is 335 g/mol. The molecule has 0 aliphatic rings. The molecular formula is C16H19BrN2O. The Hall–Kier alpha value is -1.39. The topological polar surface area (TPSA) is 34.1 Å². The Morgan fingerprint density at radius 3 is 2.50 bits per heavy atom. The molecule has 2 aromatic rings. The van der Waals surface area contributed by atoms with Crippen LogP contribution in [0, 0.1) is 0 Å². The fourth-order valence-electron chi connectivity index (χ4n) is 1.66. The summed E-state index contributed by atoms with van der Waals surface area (Å²) in [5, 5.41) is 3.34. The van der Waals surface area contributed by atoms with Crippen molar-refractivity contribution in [2.24, 2.45) is 0 Å². The Morgan fingerprint density at radius 1 is 1.15 bits per heavy atom. The molecule has 0 saturated heterocycles. The molecule has 0 bridgehead atoms. The summed E-state index contributed by atoms with van der Waals surface area (Å²) in [6.45, 7) is 5.58. The first-order chi connectivity index (χ1) is 9.63. The second-order valence-corrected chi connectivity index (χ2v) is 5.85. The predicted octanol–water partition coefficient (Wildman–Crippen LogP) is 3.92. The Morgan fingerprint density at radius 2 is 1.90 bits per heavy atom. The highest BCUT2D eigenvalue weighted by molar-refractivity contribution is 9.10. The first-order valence-electron chi connectivity index (χ1n) is 6.69. The summed E-state index contributed by atoms with van der Waals surface area (Å²) < 4.78 is 6.79. The third kappa shape index (κ3) is 4.94. The predicted molar refractivity (Wildman–Crippen MR) is 84.7 cm³/mol. The second kappa shape index (κ2) is 7.41. The quantitative estimate of drug-likeness (QED) is 0.869. The maximum Gasteiger partial charge on any atom is 0.138 e. The van der Waals surface area contributed by atoms with Gasteiger partial charge in [-0.2, -0.15) is 0 Å². The summed E-state index contributed by atoms with van der Waals surface area (Å²) in [7, 11) is 0. The van der Waals surface area contributed by atoms with Crippen LogP contribution in [0.5, 0.6) is 5.75 Å². The normalized spacial score (nSPS) is 10.8. The van der Waals surface area contributed by atoms with E-state index in [0.717, 1.165) is 28.0 Å². The van der Waals surface area contributed by atoms with E-state index in [4.69, 9.17) is 4.74 Å². The number of pyridine rings is 1. The molecule has 1 aromatic heterocycles. The largest absolute Gasteiger partial charge is 0.487 e. The van der Waals surface area contributed by atoms with Gasteiger partial charge in [0.25, 0.3) is 0 Å². The van der Waals surface area contributed by atoms with Crippen LogP contribution < -0.4 is 10.1 Å². The number of hydrogen-bond acceptors (Lipinski definition) is 3. The summed E-state index contributed by atoms with van der Waals surface area (Å²) >= 11 is 3.42. The molecule has 0 fully saturated rings. The number of halogens is 1. The maximum absolute atomic E-state index is 5.71. The van der Waals surface area contributed by atoms with Gasteiger partial charge < -0.3 is 10.1 Å². The van der Waals surface area contributed by atoms with E-state index in [9.17, 15) is 0 Å². The van der Waals surface area contributed by atoms with Gasteiger partial charge in [-0.15, -0.1) is 0 Å². The van der Waals surface area contributed by atoms with Crippen LogP contribution in [0.1, 0.15) is 25.1 Å². The highest BCUT2D eigenvalue weighted by atomic mass is 79.9. The van der Waals surface area contributed by atoms with Crippen molar-refractivity contribution in [2.75, 3.05) is 0 Å². The molecule has 0 radical (unpaired) electrons. The Bertz CT molecular complexity index is 523. The van der Waals surface area contributed by atoms with Gasteiger partial charge in [0, 0.05) is 17.1 Å². The van der Waals surface area contributed by atoms with E-state index < -0.39 is 0 Å². The van der Waals surface area contributed by atoms with Gasteiger partial charge in [0.15, 0.2) is 0 Å². The van der Waals surface area contributed by atoms with E-state index in [1.807, 2.05) is 36.4 Å². The molecule has 1 aromatic carbocycles. The Balaban J connectivity index is 1.85. The molecule has 0 aliphatic carbocycles. The summed E-state index contributed by atoms with van der Waals surface area (Å²) in [4.78, 5) is 4.38. The van der Waals surface area contributed by atoms with Gasteiger partial charge in [0.1, 0.15) is 12.4 Å². The number of nitrogens with zero attached hydrogens (tertiary/aromatic N) is 1. The number of rotatable bonds is 6. The van der Waals surface area contributed by atoms with Crippen molar-refractivity contribution in [2.45, 2.75) is 33.0 Å². The van der Waals surface area contributed by atoms with Crippen molar-refractivity contribution < 1.29 is 4.74 Å². The van der Waals surface area contributed by atoms with Crippen molar-refractivity contribution in [1.29, 1.82) is 0 Å². The van der Waals surface area contributed by atoms with Gasteiger partial charge in [0.05, 0.1) is 11.9 Å². The van der Waals surface area contributed by atoms with Crippen molar-refractivity contribution >= 4 is 15.9 Å². The third-order valence-electron chi connectivity index (χ3n) is 2.81. The molecule has 4 heteroatoms. The standard InChI is InChI=1S/C16H19BrN2O/c1-12(2)18-9-15-7-8-16(10-19-15)20-11-13-3-5-14(17)6-4-13/h3-8,10,12,18H,9,11H2,1-2H3. The lowest BCUT2D eigenvalue weighted by atomic mass is 10.2. The summed E-state index contributed by atoms with van der Waals surface area (Å²) in [5.41, 5.74) is 2.16. The monoisotopic (exact) mass is 334 g/mol. The highest BCUT2D eigenvalue weighted by Crippen LogP contribution is 2.14. The molecule has 0 saturated carbocycles. The van der Waals surface area contributed by atoms with Crippen LogP contribution in [0.3, 0.4) is 0 Å². The first-order valence-corrected chi connectivity index (χ1v) is 7.48. The molecule has 0 amide bonds. The van der Waals surface area contributed by atoms with Crippen LogP contribution in [0.25, 0.3) is 0 Å². The van der Waals surface area contributed by atoms with Crippen LogP contribution in [-0.4, -0.2) is 11.0 Å². The number of nitrogens with one attached hydrogen (secondary N) is 1. The lowest BCUT2D eigenvalue weighted by molar-refractivity contribution is 0.304. The van der Waals surface area contributed by atoms with Gasteiger partial charge in [0.2, 0.25) is 0 Å². The Labute approximate surface area is 128 Å². The molecule has 0 aliphatic heterocycles. The fourth-order valence-corrected chi connectivity index (χ4v) is 1.92. The van der Waals surface area contributed by atoms with Crippen LogP contribution >= 0.6 is 15.9 Å². The van der Waals surface area contributed by atoms with Gasteiger partial charge in [-0.1, -0.05) is 41.9 Å². The number of aromatic nitrogens is 1. The van der Waals surface area contributed by atoms with E-state index in [-0.39, 0.29) is 0 Å². The lowest BCUT2D eigenvalue weighted by Gasteiger charge is -2.09. The zero-order chi connectivity index (χ0) is 14.4. The van der Waals surface area contributed by atoms with Crippen molar-refractivity contribution in [3.63, 3.8) is 0 Å².